The van der Waals surface area contributed by atoms with Gasteiger partial charge < -0.3 is 29.2 Å². The number of ether oxygens (including phenoxy) is 1. The molecule has 0 radical (unpaired) electrons. The highest BCUT2D eigenvalue weighted by molar-refractivity contribution is 6.08. The lowest BCUT2D eigenvalue weighted by molar-refractivity contribution is -0.125. The monoisotopic (exact) mass is 536 g/mol. The van der Waals surface area contributed by atoms with Gasteiger partial charge in [-0.05, 0) is 37.2 Å². The molecule has 3 aromatic rings. The van der Waals surface area contributed by atoms with Crippen molar-refractivity contribution in [2.75, 3.05) is 50.8 Å². The number of hydrogen-bond acceptors (Lipinski definition) is 8. The number of carbonyl (C=O) groups is 3. The number of amides is 4. The van der Waals surface area contributed by atoms with Crippen molar-refractivity contribution < 1.29 is 27.9 Å². The van der Waals surface area contributed by atoms with Crippen LogP contribution in [0.25, 0.3) is 11.1 Å². The highest BCUT2D eigenvalue weighted by Gasteiger charge is 2.53. The van der Waals surface area contributed by atoms with Gasteiger partial charge in [-0.15, -0.1) is 0 Å². The second kappa shape index (κ2) is 9.53. The van der Waals surface area contributed by atoms with Gasteiger partial charge in [-0.1, -0.05) is 13.0 Å². The fourth-order valence-corrected chi connectivity index (χ4v) is 5.52. The third-order valence-corrected chi connectivity index (χ3v) is 7.65. The second-order valence-electron chi connectivity index (χ2n) is 9.90. The van der Waals surface area contributed by atoms with E-state index in [4.69, 9.17) is 14.1 Å². The molecule has 12 heteroatoms. The number of anilines is 1. The molecule has 0 bridgehead atoms. The zero-order chi connectivity index (χ0) is 27.3. The van der Waals surface area contributed by atoms with Crippen LogP contribution >= 0.6 is 0 Å². The van der Waals surface area contributed by atoms with Crippen molar-refractivity contribution in [3.8, 4) is 5.75 Å². The van der Waals surface area contributed by atoms with E-state index in [1.165, 1.54) is 11.0 Å². The zero-order valence-electron chi connectivity index (χ0n) is 21.8. The molecule has 1 atom stereocenters. The van der Waals surface area contributed by atoms with E-state index in [1.54, 1.807) is 25.1 Å². The number of imide groups is 1. The van der Waals surface area contributed by atoms with Crippen LogP contribution in [0.3, 0.4) is 0 Å². The number of nitrogens with one attached hydrogen (secondary N) is 2. The van der Waals surface area contributed by atoms with Gasteiger partial charge in [0.1, 0.15) is 17.1 Å². The number of nitrogens with zero attached hydrogens (tertiary/aromatic N) is 4. The average molecular weight is 537 g/mol. The SMILES string of the molecule is CCOc1ccc2c(c1F)C(=O)N(C[C@@]1(c3cc4nc(N5CCN(CC)CC5)ccc4o3)NC(=O)NC1=O)C2. The summed E-state index contributed by atoms with van der Waals surface area (Å²) in [7, 11) is 0. The number of aromatic nitrogens is 1. The van der Waals surface area contributed by atoms with Crippen LogP contribution in [-0.2, 0) is 16.9 Å². The standard InChI is InChI=1S/C27H29FN6O5/c1-3-32-9-11-33(12-10-32)21-8-7-18-17(29-21)13-20(39-18)27(25(36)30-26(37)31-27)15-34-14-16-5-6-19(38-4-2)23(28)22(16)24(34)35/h5-8,13H,3-4,9-12,14-15H2,1-2H3,(H2,30,31,36,37)/t27-/m0/s1. The highest BCUT2D eigenvalue weighted by Crippen LogP contribution is 2.36. The number of furan rings is 1. The first-order valence-electron chi connectivity index (χ1n) is 13.1. The van der Waals surface area contributed by atoms with E-state index in [0.29, 0.717) is 16.7 Å². The van der Waals surface area contributed by atoms with Gasteiger partial charge >= 0.3 is 6.03 Å². The number of benzene rings is 1. The summed E-state index contributed by atoms with van der Waals surface area (Å²) in [5.74, 6) is -1.08. The molecule has 5 heterocycles. The molecule has 6 rings (SSSR count). The number of carbonyl (C=O) groups excluding carboxylic acids is 3. The van der Waals surface area contributed by atoms with Crippen LogP contribution in [0.15, 0.2) is 34.7 Å². The second-order valence-corrected chi connectivity index (χ2v) is 9.90. The zero-order valence-corrected chi connectivity index (χ0v) is 21.8. The lowest BCUT2D eigenvalue weighted by Crippen LogP contribution is -2.52. The molecule has 2 fully saturated rings. The summed E-state index contributed by atoms with van der Waals surface area (Å²) in [6.45, 7) is 8.51. The predicted octanol–water partition coefficient (Wildman–Crippen LogP) is 2.20. The normalized spacial score (nSPS) is 21.5. The van der Waals surface area contributed by atoms with E-state index in [2.05, 4.69) is 27.4 Å². The van der Waals surface area contributed by atoms with Crippen LogP contribution in [0.2, 0.25) is 0 Å². The Kier molecular flexibility index (Phi) is 6.13. The van der Waals surface area contributed by atoms with Crippen molar-refractivity contribution in [3.05, 3.63) is 53.0 Å². The maximum Gasteiger partial charge on any atom is 0.322 e. The van der Waals surface area contributed by atoms with Crippen molar-refractivity contribution in [3.63, 3.8) is 0 Å². The summed E-state index contributed by atoms with van der Waals surface area (Å²) in [4.78, 5) is 49.5. The molecule has 2 N–H and O–H groups in total. The largest absolute Gasteiger partial charge is 0.491 e. The van der Waals surface area contributed by atoms with Crippen molar-refractivity contribution in [1.82, 2.24) is 25.4 Å². The van der Waals surface area contributed by atoms with Crippen LogP contribution < -0.4 is 20.3 Å². The molecular weight excluding hydrogens is 507 g/mol. The van der Waals surface area contributed by atoms with Gasteiger partial charge in [0.2, 0.25) is 0 Å². The van der Waals surface area contributed by atoms with Crippen molar-refractivity contribution >= 4 is 34.8 Å². The number of hydrogen-bond donors (Lipinski definition) is 2. The number of piperazine rings is 1. The Labute approximate surface area is 223 Å². The van der Waals surface area contributed by atoms with Gasteiger partial charge in [0, 0.05) is 38.8 Å². The molecular formula is C27H29FN6O5. The number of urea groups is 1. The highest BCUT2D eigenvalue weighted by atomic mass is 19.1. The molecule has 2 aromatic heterocycles. The van der Waals surface area contributed by atoms with Gasteiger partial charge in [0.05, 0.1) is 18.7 Å². The van der Waals surface area contributed by atoms with Crippen LogP contribution in [0.1, 0.15) is 35.5 Å². The van der Waals surface area contributed by atoms with E-state index in [0.717, 1.165) is 38.5 Å². The number of rotatable bonds is 7. The maximum atomic E-state index is 15.1. The summed E-state index contributed by atoms with van der Waals surface area (Å²) < 4.78 is 26.4. The molecule has 11 nitrogen and oxygen atoms in total. The summed E-state index contributed by atoms with van der Waals surface area (Å²) >= 11 is 0. The molecule has 0 aliphatic carbocycles. The Balaban J connectivity index is 1.31. The van der Waals surface area contributed by atoms with Crippen molar-refractivity contribution in [2.45, 2.75) is 25.9 Å². The smallest absolute Gasteiger partial charge is 0.322 e. The number of likely N-dealkylation sites (N-methyl/N-ethyl adjacent to an activating group) is 1. The lowest BCUT2D eigenvalue weighted by Gasteiger charge is -2.34. The Bertz CT molecular complexity index is 1480. The van der Waals surface area contributed by atoms with E-state index in [-0.39, 0.29) is 36.8 Å². The van der Waals surface area contributed by atoms with Crippen molar-refractivity contribution in [1.29, 1.82) is 0 Å². The Morgan fingerprint density at radius 1 is 1.10 bits per heavy atom. The third kappa shape index (κ3) is 4.15. The molecule has 39 heavy (non-hydrogen) atoms. The summed E-state index contributed by atoms with van der Waals surface area (Å²) in [6.07, 6.45) is 0. The molecule has 4 amide bonds. The fraction of sp³-hybridized carbons (Fsp3) is 0.407. The minimum absolute atomic E-state index is 0.0108. The maximum absolute atomic E-state index is 15.1. The summed E-state index contributed by atoms with van der Waals surface area (Å²) in [6, 6.07) is 7.69. The first-order chi connectivity index (χ1) is 18.8. The topological polar surface area (TPSA) is 120 Å². The molecule has 3 aliphatic rings. The Morgan fingerprint density at radius 2 is 1.90 bits per heavy atom. The quantitative estimate of drug-likeness (QED) is 0.441. The van der Waals surface area contributed by atoms with E-state index in [9.17, 15) is 14.4 Å². The molecule has 3 aliphatic heterocycles. The summed E-state index contributed by atoms with van der Waals surface area (Å²) in [5.41, 5.74) is -0.364. The number of fused-ring (bicyclic) bond motifs is 2. The van der Waals surface area contributed by atoms with E-state index >= 15 is 4.39 Å². The molecule has 0 saturated carbocycles. The van der Waals surface area contributed by atoms with Gasteiger partial charge in [-0.25, -0.2) is 14.2 Å². The minimum atomic E-state index is -1.71. The van der Waals surface area contributed by atoms with Crippen LogP contribution in [-0.4, -0.2) is 78.5 Å². The van der Waals surface area contributed by atoms with Crippen LogP contribution in [0.5, 0.6) is 5.75 Å². The molecule has 0 unspecified atom stereocenters. The average Bonchev–Trinajstić information content (AvgIpc) is 3.59. The van der Waals surface area contributed by atoms with Gasteiger partial charge in [-0.2, -0.15) is 0 Å². The molecule has 0 spiro atoms. The Morgan fingerprint density at radius 3 is 2.59 bits per heavy atom. The number of pyridine rings is 1. The van der Waals surface area contributed by atoms with Gasteiger partial charge in [0.15, 0.2) is 22.7 Å². The number of halogens is 1. The fourth-order valence-electron chi connectivity index (χ4n) is 5.52. The van der Waals surface area contributed by atoms with Crippen molar-refractivity contribution in [2.24, 2.45) is 0 Å². The van der Waals surface area contributed by atoms with Crippen LogP contribution in [0.4, 0.5) is 15.0 Å². The summed E-state index contributed by atoms with van der Waals surface area (Å²) in [5, 5.41) is 4.91. The third-order valence-electron chi connectivity index (χ3n) is 7.65. The van der Waals surface area contributed by atoms with Gasteiger partial charge in [-0.3, -0.25) is 14.9 Å². The first-order valence-corrected chi connectivity index (χ1v) is 13.1. The molecule has 2 saturated heterocycles. The minimum Gasteiger partial charge on any atom is -0.491 e. The van der Waals surface area contributed by atoms with E-state index in [1.807, 2.05) is 6.07 Å². The first kappa shape index (κ1) is 25.1. The Hall–Kier alpha value is -4.19. The molecule has 204 valence electrons. The predicted molar refractivity (Wildman–Crippen MR) is 139 cm³/mol. The lowest BCUT2D eigenvalue weighted by atomic mass is 9.95. The van der Waals surface area contributed by atoms with Crippen LogP contribution in [0, 0.1) is 5.82 Å². The van der Waals surface area contributed by atoms with E-state index < -0.39 is 29.2 Å². The van der Waals surface area contributed by atoms with Gasteiger partial charge in [0.25, 0.3) is 11.8 Å². The molecule has 1 aromatic carbocycles.